The first-order valence-corrected chi connectivity index (χ1v) is 7.99. The first kappa shape index (κ1) is 20.9. The molecule has 0 spiro atoms. The molecule has 0 saturated carbocycles. The Kier molecular flexibility index (Phi) is 13.5. The number of hydrogen-bond donors (Lipinski definition) is 2. The number of piperidine rings is 1. The van der Waals surface area contributed by atoms with Crippen LogP contribution in [0.25, 0.3) is 0 Å². The van der Waals surface area contributed by atoms with Gasteiger partial charge in [0.1, 0.15) is 0 Å². The zero-order chi connectivity index (χ0) is 14.6. The molecule has 2 N–H and O–H groups in total. The second-order valence-corrected chi connectivity index (χ2v) is 5.37. The molecule has 1 aliphatic rings. The van der Waals surface area contributed by atoms with Crippen LogP contribution in [0.2, 0.25) is 0 Å². The van der Waals surface area contributed by atoms with Crippen molar-refractivity contribution in [3.63, 3.8) is 0 Å². The van der Waals surface area contributed by atoms with Gasteiger partial charge in [0.2, 0.25) is 0 Å². The van der Waals surface area contributed by atoms with Crippen LogP contribution in [0.15, 0.2) is 4.99 Å². The van der Waals surface area contributed by atoms with Crippen molar-refractivity contribution in [2.24, 2.45) is 4.99 Å². The van der Waals surface area contributed by atoms with E-state index in [1.54, 1.807) is 7.11 Å². The highest BCUT2D eigenvalue weighted by Crippen LogP contribution is 2.18. The Morgan fingerprint density at radius 3 is 2.71 bits per heavy atom. The van der Waals surface area contributed by atoms with E-state index in [-0.39, 0.29) is 24.0 Å². The summed E-state index contributed by atoms with van der Waals surface area (Å²) < 4.78 is 5.03. The maximum atomic E-state index is 5.03. The normalized spacial score (nSPS) is 20.0. The molecule has 1 unspecified atom stereocenters. The quantitative estimate of drug-likeness (QED) is 0.277. The average molecular weight is 412 g/mol. The van der Waals surface area contributed by atoms with Crippen LogP contribution in [0.4, 0.5) is 0 Å². The zero-order valence-electron chi connectivity index (χ0n) is 13.9. The number of nitrogens with zero attached hydrogens (tertiary/aromatic N) is 2. The summed E-state index contributed by atoms with van der Waals surface area (Å²) in [6.07, 6.45) is 6.37. The third-order valence-corrected chi connectivity index (χ3v) is 3.95. The molecule has 126 valence electrons. The monoisotopic (exact) mass is 412 g/mol. The third-order valence-electron chi connectivity index (χ3n) is 3.95. The fraction of sp³-hybridized carbons (Fsp3) is 0.933. The molecule has 0 radical (unpaired) electrons. The highest BCUT2D eigenvalue weighted by atomic mass is 127. The van der Waals surface area contributed by atoms with E-state index in [2.05, 4.69) is 27.4 Å². The van der Waals surface area contributed by atoms with E-state index in [1.807, 2.05) is 7.05 Å². The van der Waals surface area contributed by atoms with Gasteiger partial charge in [0.05, 0.1) is 0 Å². The summed E-state index contributed by atoms with van der Waals surface area (Å²) in [5, 5.41) is 6.70. The van der Waals surface area contributed by atoms with Crippen LogP contribution in [0.3, 0.4) is 0 Å². The van der Waals surface area contributed by atoms with Gasteiger partial charge in [-0.1, -0.05) is 13.3 Å². The van der Waals surface area contributed by atoms with Crippen molar-refractivity contribution in [1.82, 2.24) is 15.5 Å². The Labute approximate surface area is 147 Å². The van der Waals surface area contributed by atoms with Gasteiger partial charge >= 0.3 is 0 Å². The van der Waals surface area contributed by atoms with Gasteiger partial charge in [0.25, 0.3) is 0 Å². The largest absolute Gasteiger partial charge is 0.385 e. The summed E-state index contributed by atoms with van der Waals surface area (Å²) in [5.74, 6) is 0.895. The van der Waals surface area contributed by atoms with Crippen LogP contribution in [0, 0.1) is 0 Å². The van der Waals surface area contributed by atoms with Crippen LogP contribution in [0.1, 0.15) is 39.0 Å². The zero-order valence-corrected chi connectivity index (χ0v) is 16.2. The highest BCUT2D eigenvalue weighted by Gasteiger charge is 2.19. The van der Waals surface area contributed by atoms with E-state index in [9.17, 15) is 0 Å². The minimum absolute atomic E-state index is 0. The molecule has 1 aliphatic heterocycles. The highest BCUT2D eigenvalue weighted by molar-refractivity contribution is 14.0. The number of nitrogens with one attached hydrogen (secondary N) is 2. The van der Waals surface area contributed by atoms with Crippen LogP contribution in [-0.2, 0) is 4.74 Å². The Balaban J connectivity index is 0.00000400. The third kappa shape index (κ3) is 8.83. The SMILES string of the molecule is CCC1CCCCN1CCNC(=NC)NCCCOC.I. The molecule has 1 saturated heterocycles. The van der Waals surface area contributed by atoms with Crippen molar-refractivity contribution in [3.8, 4) is 0 Å². The van der Waals surface area contributed by atoms with Crippen molar-refractivity contribution >= 4 is 29.9 Å². The topological polar surface area (TPSA) is 48.9 Å². The molecule has 0 aromatic carbocycles. The minimum Gasteiger partial charge on any atom is -0.385 e. The van der Waals surface area contributed by atoms with Crippen molar-refractivity contribution < 1.29 is 4.74 Å². The van der Waals surface area contributed by atoms with Gasteiger partial charge in [-0.25, -0.2) is 0 Å². The maximum absolute atomic E-state index is 5.03. The molecule has 1 atom stereocenters. The number of methoxy groups -OCH3 is 1. The van der Waals surface area contributed by atoms with E-state index in [0.29, 0.717) is 0 Å². The molecule has 1 fully saturated rings. The average Bonchev–Trinajstić information content (AvgIpc) is 2.50. The van der Waals surface area contributed by atoms with Crippen molar-refractivity contribution in [1.29, 1.82) is 0 Å². The van der Waals surface area contributed by atoms with Crippen molar-refractivity contribution in [2.75, 3.05) is 46.9 Å². The molecule has 0 bridgehead atoms. The molecular formula is C15H33IN4O. The van der Waals surface area contributed by atoms with E-state index < -0.39 is 0 Å². The van der Waals surface area contributed by atoms with Crippen LogP contribution >= 0.6 is 24.0 Å². The van der Waals surface area contributed by atoms with Crippen LogP contribution in [0.5, 0.6) is 0 Å². The molecule has 0 aliphatic carbocycles. The summed E-state index contributed by atoms with van der Waals surface area (Å²) in [7, 11) is 3.55. The van der Waals surface area contributed by atoms with Gasteiger partial charge in [-0.2, -0.15) is 0 Å². The number of aliphatic imine (C=N–C) groups is 1. The smallest absolute Gasteiger partial charge is 0.191 e. The molecule has 21 heavy (non-hydrogen) atoms. The number of likely N-dealkylation sites (tertiary alicyclic amines) is 1. The molecule has 1 heterocycles. The number of hydrogen-bond acceptors (Lipinski definition) is 3. The Morgan fingerprint density at radius 2 is 2.05 bits per heavy atom. The van der Waals surface area contributed by atoms with Crippen molar-refractivity contribution in [3.05, 3.63) is 0 Å². The lowest BCUT2D eigenvalue weighted by Crippen LogP contribution is -2.46. The van der Waals surface area contributed by atoms with E-state index in [0.717, 1.165) is 44.7 Å². The van der Waals surface area contributed by atoms with E-state index >= 15 is 0 Å². The second-order valence-electron chi connectivity index (χ2n) is 5.37. The van der Waals surface area contributed by atoms with E-state index in [4.69, 9.17) is 4.74 Å². The molecular weight excluding hydrogens is 379 g/mol. The Hall–Kier alpha value is -0.0800. The number of halogens is 1. The summed E-state index contributed by atoms with van der Waals surface area (Å²) in [6.45, 7) is 7.30. The lowest BCUT2D eigenvalue weighted by molar-refractivity contribution is 0.147. The van der Waals surface area contributed by atoms with Gasteiger partial charge in [-0.15, -0.1) is 24.0 Å². The lowest BCUT2D eigenvalue weighted by atomic mass is 10.0. The van der Waals surface area contributed by atoms with Crippen molar-refractivity contribution in [2.45, 2.75) is 45.1 Å². The molecule has 0 aromatic rings. The van der Waals surface area contributed by atoms with Gasteiger partial charge in [-0.05, 0) is 32.2 Å². The minimum atomic E-state index is 0. The molecule has 1 rings (SSSR count). The van der Waals surface area contributed by atoms with Crippen LogP contribution in [-0.4, -0.2) is 63.8 Å². The fourth-order valence-electron chi connectivity index (χ4n) is 2.78. The predicted molar refractivity (Wildman–Crippen MR) is 101 cm³/mol. The first-order valence-electron chi connectivity index (χ1n) is 7.99. The first-order chi connectivity index (χ1) is 9.81. The molecule has 0 aromatic heterocycles. The van der Waals surface area contributed by atoms with E-state index in [1.165, 1.54) is 32.2 Å². The number of ether oxygens (including phenoxy) is 1. The second kappa shape index (κ2) is 13.6. The number of rotatable bonds is 8. The standard InChI is InChI=1S/C15H32N4O.HI/c1-4-14-8-5-6-11-19(14)12-10-18-15(16-2)17-9-7-13-20-3;/h14H,4-13H2,1-3H3,(H2,16,17,18);1H. The fourth-order valence-corrected chi connectivity index (χ4v) is 2.78. The Bertz CT molecular complexity index is 276. The predicted octanol–water partition coefficient (Wildman–Crippen LogP) is 2.07. The maximum Gasteiger partial charge on any atom is 0.191 e. The molecule has 5 nitrogen and oxygen atoms in total. The lowest BCUT2D eigenvalue weighted by Gasteiger charge is -2.35. The van der Waals surface area contributed by atoms with Gasteiger partial charge in [-0.3, -0.25) is 9.89 Å². The summed E-state index contributed by atoms with van der Waals surface area (Å²) >= 11 is 0. The summed E-state index contributed by atoms with van der Waals surface area (Å²) in [5.41, 5.74) is 0. The summed E-state index contributed by atoms with van der Waals surface area (Å²) in [4.78, 5) is 6.86. The summed E-state index contributed by atoms with van der Waals surface area (Å²) in [6, 6.07) is 0.780. The number of guanidine groups is 1. The molecule has 6 heteroatoms. The van der Waals surface area contributed by atoms with Gasteiger partial charge in [0.15, 0.2) is 5.96 Å². The van der Waals surface area contributed by atoms with Gasteiger partial charge in [0, 0.05) is 46.4 Å². The Morgan fingerprint density at radius 1 is 1.29 bits per heavy atom. The van der Waals surface area contributed by atoms with Gasteiger partial charge < -0.3 is 15.4 Å². The molecule has 0 amide bonds. The van der Waals surface area contributed by atoms with Crippen LogP contribution < -0.4 is 10.6 Å².